The van der Waals surface area contributed by atoms with E-state index in [0.29, 0.717) is 19.3 Å². The lowest BCUT2D eigenvalue weighted by Gasteiger charge is -2.31. The summed E-state index contributed by atoms with van der Waals surface area (Å²) >= 11 is 0. The summed E-state index contributed by atoms with van der Waals surface area (Å²) in [5.41, 5.74) is 6.24. The monoisotopic (exact) mass is 243 g/mol. The van der Waals surface area contributed by atoms with E-state index in [0.717, 1.165) is 24.9 Å². The molecule has 0 heterocycles. The zero-order chi connectivity index (χ0) is 12.5. The van der Waals surface area contributed by atoms with Gasteiger partial charge in [-0.1, -0.05) is 26.2 Å². The van der Waals surface area contributed by atoms with Gasteiger partial charge in [0.05, 0.1) is 13.2 Å². The molecule has 1 fully saturated rings. The Kier molecular flexibility index (Phi) is 7.82. The van der Waals surface area contributed by atoms with Crippen LogP contribution in [-0.2, 0) is 9.47 Å². The van der Waals surface area contributed by atoms with E-state index >= 15 is 0 Å². The first-order valence-electron chi connectivity index (χ1n) is 7.10. The molecule has 3 heteroatoms. The summed E-state index contributed by atoms with van der Waals surface area (Å²) in [6, 6.07) is 0.329. The lowest BCUT2D eigenvalue weighted by atomic mass is 9.77. The minimum absolute atomic E-state index is 0.329. The number of hydrogen-bond donors (Lipinski definition) is 1. The molecule has 0 aromatic heterocycles. The molecule has 1 aliphatic carbocycles. The molecule has 2 N–H and O–H groups in total. The second kappa shape index (κ2) is 8.90. The van der Waals surface area contributed by atoms with E-state index in [1.807, 2.05) is 0 Å². The van der Waals surface area contributed by atoms with Gasteiger partial charge in [-0.3, -0.25) is 0 Å². The van der Waals surface area contributed by atoms with E-state index in [2.05, 4.69) is 6.92 Å². The van der Waals surface area contributed by atoms with Gasteiger partial charge in [-0.05, 0) is 31.1 Å². The molecule has 0 saturated heterocycles. The van der Waals surface area contributed by atoms with Gasteiger partial charge in [-0.2, -0.15) is 0 Å². The smallest absolute Gasteiger partial charge is 0.0700 e. The lowest BCUT2D eigenvalue weighted by molar-refractivity contribution is 0.0631. The van der Waals surface area contributed by atoms with Crippen LogP contribution in [0.3, 0.4) is 0 Å². The lowest BCUT2D eigenvalue weighted by Crippen LogP contribution is -2.34. The SMILES string of the molecule is CCC1CCC(C(N)CCOCCOC)CC1. The Balaban J connectivity index is 2.05. The molecule has 0 bridgehead atoms. The van der Waals surface area contributed by atoms with Crippen LogP contribution in [0.1, 0.15) is 45.4 Å². The molecule has 3 nitrogen and oxygen atoms in total. The summed E-state index contributed by atoms with van der Waals surface area (Å²) < 4.78 is 10.4. The standard InChI is InChI=1S/C14H29NO2/c1-3-12-4-6-13(7-5-12)14(15)8-9-17-11-10-16-2/h12-14H,3-11,15H2,1-2H3. The Morgan fingerprint density at radius 2 is 1.82 bits per heavy atom. The van der Waals surface area contributed by atoms with Gasteiger partial charge in [0.25, 0.3) is 0 Å². The highest BCUT2D eigenvalue weighted by Gasteiger charge is 2.24. The van der Waals surface area contributed by atoms with Crippen LogP contribution < -0.4 is 5.73 Å². The Morgan fingerprint density at radius 3 is 2.41 bits per heavy atom. The average Bonchev–Trinajstić information content (AvgIpc) is 2.38. The molecule has 0 aliphatic heterocycles. The Morgan fingerprint density at radius 1 is 1.12 bits per heavy atom. The van der Waals surface area contributed by atoms with Gasteiger partial charge in [0, 0.05) is 19.8 Å². The molecule has 0 spiro atoms. The van der Waals surface area contributed by atoms with Crippen molar-refractivity contribution in [1.29, 1.82) is 0 Å². The maximum Gasteiger partial charge on any atom is 0.0700 e. The van der Waals surface area contributed by atoms with Crippen molar-refractivity contribution in [3.8, 4) is 0 Å². The summed E-state index contributed by atoms with van der Waals surface area (Å²) in [5, 5.41) is 0. The van der Waals surface area contributed by atoms with E-state index in [9.17, 15) is 0 Å². The van der Waals surface area contributed by atoms with E-state index in [1.54, 1.807) is 7.11 Å². The number of methoxy groups -OCH3 is 1. The van der Waals surface area contributed by atoms with E-state index in [1.165, 1.54) is 32.1 Å². The van der Waals surface area contributed by atoms with Crippen LogP contribution in [0, 0.1) is 11.8 Å². The van der Waals surface area contributed by atoms with Crippen molar-refractivity contribution in [2.75, 3.05) is 26.9 Å². The number of nitrogens with two attached hydrogens (primary N) is 1. The molecule has 1 unspecified atom stereocenters. The molecule has 1 atom stereocenters. The molecule has 0 amide bonds. The maximum atomic E-state index is 6.24. The largest absolute Gasteiger partial charge is 0.382 e. The zero-order valence-electron chi connectivity index (χ0n) is 11.5. The third-order valence-electron chi connectivity index (χ3n) is 4.10. The molecule has 1 saturated carbocycles. The van der Waals surface area contributed by atoms with Gasteiger partial charge >= 0.3 is 0 Å². The van der Waals surface area contributed by atoms with E-state index in [-0.39, 0.29) is 0 Å². The second-order valence-electron chi connectivity index (χ2n) is 5.25. The van der Waals surface area contributed by atoms with Crippen molar-refractivity contribution in [2.45, 2.75) is 51.5 Å². The van der Waals surface area contributed by atoms with Crippen molar-refractivity contribution in [3.63, 3.8) is 0 Å². The second-order valence-corrected chi connectivity index (χ2v) is 5.25. The van der Waals surface area contributed by atoms with E-state index < -0.39 is 0 Å². The topological polar surface area (TPSA) is 44.5 Å². The summed E-state index contributed by atoms with van der Waals surface area (Å²) in [6.07, 6.45) is 7.71. The van der Waals surface area contributed by atoms with Crippen LogP contribution >= 0.6 is 0 Å². The number of rotatable bonds is 8. The van der Waals surface area contributed by atoms with Crippen molar-refractivity contribution in [2.24, 2.45) is 17.6 Å². The molecular formula is C14H29NO2. The summed E-state index contributed by atoms with van der Waals surface area (Å²) in [5.74, 6) is 1.68. The summed E-state index contributed by atoms with van der Waals surface area (Å²) in [7, 11) is 1.70. The highest BCUT2D eigenvalue weighted by atomic mass is 16.5. The van der Waals surface area contributed by atoms with Gasteiger partial charge in [0.2, 0.25) is 0 Å². The van der Waals surface area contributed by atoms with Crippen LogP contribution in [0.15, 0.2) is 0 Å². The molecule has 0 aromatic carbocycles. The highest BCUT2D eigenvalue weighted by molar-refractivity contribution is 4.79. The molecule has 17 heavy (non-hydrogen) atoms. The summed E-state index contributed by atoms with van der Waals surface area (Å²) in [6.45, 7) is 4.44. The first-order chi connectivity index (χ1) is 8.27. The van der Waals surface area contributed by atoms with Crippen molar-refractivity contribution < 1.29 is 9.47 Å². The fourth-order valence-electron chi connectivity index (χ4n) is 2.72. The first-order valence-corrected chi connectivity index (χ1v) is 7.10. The Hall–Kier alpha value is -0.120. The predicted molar refractivity (Wildman–Crippen MR) is 71.0 cm³/mol. The predicted octanol–water partition coefficient (Wildman–Crippen LogP) is 2.58. The number of hydrogen-bond acceptors (Lipinski definition) is 3. The van der Waals surface area contributed by atoms with Crippen LogP contribution in [0.4, 0.5) is 0 Å². The van der Waals surface area contributed by atoms with Gasteiger partial charge in [-0.25, -0.2) is 0 Å². The molecule has 0 aromatic rings. The van der Waals surface area contributed by atoms with Crippen LogP contribution in [0.25, 0.3) is 0 Å². The van der Waals surface area contributed by atoms with Crippen molar-refractivity contribution in [3.05, 3.63) is 0 Å². The van der Waals surface area contributed by atoms with Gasteiger partial charge in [0.15, 0.2) is 0 Å². The quantitative estimate of drug-likeness (QED) is 0.666. The summed E-state index contributed by atoms with van der Waals surface area (Å²) in [4.78, 5) is 0. The molecular weight excluding hydrogens is 214 g/mol. The molecule has 0 radical (unpaired) electrons. The minimum Gasteiger partial charge on any atom is -0.382 e. The zero-order valence-corrected chi connectivity index (χ0v) is 11.5. The molecule has 1 rings (SSSR count). The fourth-order valence-corrected chi connectivity index (χ4v) is 2.72. The maximum absolute atomic E-state index is 6.24. The minimum atomic E-state index is 0.329. The Labute approximate surface area is 106 Å². The van der Waals surface area contributed by atoms with Crippen LogP contribution in [0.5, 0.6) is 0 Å². The Bertz CT molecular complexity index is 179. The first kappa shape index (κ1) is 14.9. The van der Waals surface area contributed by atoms with Crippen molar-refractivity contribution >= 4 is 0 Å². The van der Waals surface area contributed by atoms with Gasteiger partial charge < -0.3 is 15.2 Å². The normalized spacial score (nSPS) is 27.0. The third-order valence-corrected chi connectivity index (χ3v) is 4.10. The highest BCUT2D eigenvalue weighted by Crippen LogP contribution is 2.32. The number of ether oxygens (including phenoxy) is 2. The fraction of sp³-hybridized carbons (Fsp3) is 1.00. The van der Waals surface area contributed by atoms with Crippen LogP contribution in [0.2, 0.25) is 0 Å². The molecule has 102 valence electrons. The van der Waals surface area contributed by atoms with E-state index in [4.69, 9.17) is 15.2 Å². The van der Waals surface area contributed by atoms with Gasteiger partial charge in [0.1, 0.15) is 0 Å². The van der Waals surface area contributed by atoms with Crippen molar-refractivity contribution in [1.82, 2.24) is 0 Å². The molecule has 1 aliphatic rings. The van der Waals surface area contributed by atoms with Crippen LogP contribution in [-0.4, -0.2) is 33.0 Å². The third kappa shape index (κ3) is 5.84. The average molecular weight is 243 g/mol. The van der Waals surface area contributed by atoms with Gasteiger partial charge in [-0.15, -0.1) is 0 Å².